The van der Waals surface area contributed by atoms with Crippen LogP contribution in [-0.4, -0.2) is 55.7 Å². The number of thioether (sulfide) groups is 1. The van der Waals surface area contributed by atoms with E-state index in [1.165, 1.54) is 43.6 Å². The first-order chi connectivity index (χ1) is 9.26. The maximum absolute atomic E-state index is 6.15. The van der Waals surface area contributed by atoms with Crippen molar-refractivity contribution >= 4 is 17.7 Å². The Morgan fingerprint density at radius 2 is 1.95 bits per heavy atom. The van der Waals surface area contributed by atoms with E-state index in [1.807, 2.05) is 11.8 Å². The van der Waals surface area contributed by atoms with E-state index in [-0.39, 0.29) is 5.41 Å². The van der Waals surface area contributed by atoms with E-state index < -0.39 is 0 Å². The Hall–Kier alpha value is -0.420. The van der Waals surface area contributed by atoms with Gasteiger partial charge in [0.2, 0.25) is 0 Å². The molecule has 0 amide bonds. The molecule has 1 saturated carbocycles. The Morgan fingerprint density at radius 1 is 1.26 bits per heavy atom. The fourth-order valence-corrected chi connectivity index (χ4v) is 4.00. The van der Waals surface area contributed by atoms with Gasteiger partial charge in [-0.25, -0.2) is 0 Å². The van der Waals surface area contributed by atoms with Crippen molar-refractivity contribution < 1.29 is 4.74 Å². The van der Waals surface area contributed by atoms with Gasteiger partial charge < -0.3 is 15.4 Å². The number of ether oxygens (including phenoxy) is 1. The van der Waals surface area contributed by atoms with Crippen LogP contribution in [-0.2, 0) is 4.74 Å². The fraction of sp³-hybridized carbons (Fsp3) is 0.929. The molecule has 0 aromatic carbocycles. The molecule has 4 nitrogen and oxygen atoms in total. The summed E-state index contributed by atoms with van der Waals surface area (Å²) in [5.41, 5.74) is 6.38. The summed E-state index contributed by atoms with van der Waals surface area (Å²) in [6, 6.07) is 0. The van der Waals surface area contributed by atoms with E-state index >= 15 is 0 Å². The lowest BCUT2D eigenvalue weighted by Gasteiger charge is -2.36. The Bertz CT molecular complexity index is 292. The average molecular weight is 285 g/mol. The molecule has 2 fully saturated rings. The molecule has 1 heterocycles. The van der Waals surface area contributed by atoms with Crippen LogP contribution in [0.4, 0.5) is 0 Å². The Labute approximate surface area is 121 Å². The first-order valence-corrected chi connectivity index (χ1v) is 8.53. The zero-order valence-electron chi connectivity index (χ0n) is 12.1. The van der Waals surface area contributed by atoms with Crippen LogP contribution in [0.1, 0.15) is 32.1 Å². The lowest BCUT2D eigenvalue weighted by Crippen LogP contribution is -2.43. The molecule has 2 aliphatic rings. The standard InChI is InChI=1S/C14H27N3OS/c1-18-12-14(5-3-2-4-6-14)11-16-13(15)17-7-9-19-10-8-17/h2-12H2,1H3,(H2,15,16). The van der Waals surface area contributed by atoms with Crippen molar-refractivity contribution in [1.29, 1.82) is 0 Å². The third-order valence-electron chi connectivity index (χ3n) is 4.28. The van der Waals surface area contributed by atoms with Crippen molar-refractivity contribution in [2.24, 2.45) is 16.1 Å². The van der Waals surface area contributed by atoms with Crippen LogP contribution in [0.2, 0.25) is 0 Å². The highest BCUT2D eigenvalue weighted by molar-refractivity contribution is 7.99. The second-order valence-corrected chi connectivity index (χ2v) is 6.99. The number of hydrogen-bond acceptors (Lipinski definition) is 3. The second-order valence-electron chi connectivity index (χ2n) is 5.77. The van der Waals surface area contributed by atoms with Crippen LogP contribution in [0, 0.1) is 5.41 Å². The fourth-order valence-electron chi connectivity index (χ4n) is 3.10. The van der Waals surface area contributed by atoms with Gasteiger partial charge in [0.25, 0.3) is 0 Å². The van der Waals surface area contributed by atoms with E-state index in [0.29, 0.717) is 0 Å². The minimum Gasteiger partial charge on any atom is -0.384 e. The Kier molecular flexibility index (Phi) is 5.82. The van der Waals surface area contributed by atoms with Crippen LogP contribution in [0.5, 0.6) is 0 Å². The smallest absolute Gasteiger partial charge is 0.191 e. The summed E-state index contributed by atoms with van der Waals surface area (Å²) < 4.78 is 5.44. The van der Waals surface area contributed by atoms with E-state index in [4.69, 9.17) is 15.5 Å². The van der Waals surface area contributed by atoms with Crippen LogP contribution < -0.4 is 5.73 Å². The van der Waals surface area contributed by atoms with Gasteiger partial charge in [0.05, 0.1) is 13.2 Å². The maximum atomic E-state index is 6.15. The van der Waals surface area contributed by atoms with Gasteiger partial charge in [0, 0.05) is 37.1 Å². The third kappa shape index (κ3) is 4.28. The summed E-state index contributed by atoms with van der Waals surface area (Å²) in [5.74, 6) is 3.07. The van der Waals surface area contributed by atoms with Crippen molar-refractivity contribution in [3.63, 3.8) is 0 Å². The largest absolute Gasteiger partial charge is 0.384 e. The molecule has 1 saturated heterocycles. The van der Waals surface area contributed by atoms with E-state index in [2.05, 4.69) is 4.90 Å². The first-order valence-electron chi connectivity index (χ1n) is 7.37. The molecule has 2 rings (SSSR count). The molecule has 0 bridgehead atoms. The van der Waals surface area contributed by atoms with Crippen LogP contribution in [0.15, 0.2) is 4.99 Å². The Balaban J connectivity index is 1.92. The topological polar surface area (TPSA) is 50.9 Å². The maximum Gasteiger partial charge on any atom is 0.191 e. The van der Waals surface area contributed by atoms with Crippen LogP contribution in [0.3, 0.4) is 0 Å². The van der Waals surface area contributed by atoms with E-state index in [1.54, 1.807) is 7.11 Å². The van der Waals surface area contributed by atoms with Crippen molar-refractivity contribution in [2.45, 2.75) is 32.1 Å². The molecule has 1 aliphatic heterocycles. The number of methoxy groups -OCH3 is 1. The van der Waals surface area contributed by atoms with Gasteiger partial charge in [-0.3, -0.25) is 4.99 Å². The van der Waals surface area contributed by atoms with E-state index in [0.717, 1.165) is 32.2 Å². The highest BCUT2D eigenvalue weighted by atomic mass is 32.2. The number of nitrogens with zero attached hydrogens (tertiary/aromatic N) is 2. The van der Waals surface area contributed by atoms with Crippen molar-refractivity contribution in [3.8, 4) is 0 Å². The lowest BCUT2D eigenvalue weighted by molar-refractivity contribution is 0.0553. The minimum absolute atomic E-state index is 0.238. The molecule has 19 heavy (non-hydrogen) atoms. The lowest BCUT2D eigenvalue weighted by atomic mass is 9.75. The van der Waals surface area contributed by atoms with Gasteiger partial charge in [-0.1, -0.05) is 19.3 Å². The summed E-state index contributed by atoms with van der Waals surface area (Å²) in [4.78, 5) is 6.92. The van der Waals surface area contributed by atoms with Gasteiger partial charge in [-0.2, -0.15) is 11.8 Å². The highest BCUT2D eigenvalue weighted by Gasteiger charge is 2.32. The zero-order valence-corrected chi connectivity index (χ0v) is 12.9. The molecule has 5 heteroatoms. The monoisotopic (exact) mass is 285 g/mol. The van der Waals surface area contributed by atoms with Gasteiger partial charge in [-0.05, 0) is 12.8 Å². The number of rotatable bonds is 4. The number of aliphatic imine (C=N–C) groups is 1. The SMILES string of the molecule is COCC1(CN=C(N)N2CCSCC2)CCCCC1. The molecule has 110 valence electrons. The molecule has 0 aromatic heterocycles. The summed E-state index contributed by atoms with van der Waals surface area (Å²) in [5, 5.41) is 0. The summed E-state index contributed by atoms with van der Waals surface area (Å²) in [6.07, 6.45) is 6.42. The van der Waals surface area contributed by atoms with Crippen molar-refractivity contribution in [2.75, 3.05) is 44.9 Å². The summed E-state index contributed by atoms with van der Waals surface area (Å²) >= 11 is 2.00. The Morgan fingerprint density at radius 3 is 2.58 bits per heavy atom. The van der Waals surface area contributed by atoms with Crippen molar-refractivity contribution in [1.82, 2.24) is 4.90 Å². The van der Waals surface area contributed by atoms with Crippen LogP contribution >= 0.6 is 11.8 Å². The van der Waals surface area contributed by atoms with E-state index in [9.17, 15) is 0 Å². The molecular formula is C14H27N3OS. The molecular weight excluding hydrogens is 258 g/mol. The van der Waals surface area contributed by atoms with Crippen LogP contribution in [0.25, 0.3) is 0 Å². The molecule has 0 radical (unpaired) electrons. The summed E-state index contributed by atoms with van der Waals surface area (Å²) in [6.45, 7) is 3.73. The van der Waals surface area contributed by atoms with Gasteiger partial charge in [0.1, 0.15) is 0 Å². The highest BCUT2D eigenvalue weighted by Crippen LogP contribution is 2.36. The average Bonchev–Trinajstić information content (AvgIpc) is 2.47. The molecule has 0 unspecified atom stereocenters. The number of hydrogen-bond donors (Lipinski definition) is 1. The predicted octanol–water partition coefficient (Wildman–Crippen LogP) is 1.95. The van der Waals surface area contributed by atoms with Gasteiger partial charge in [-0.15, -0.1) is 0 Å². The molecule has 2 N–H and O–H groups in total. The zero-order chi connectivity index (χ0) is 13.6. The normalized spacial score (nSPS) is 24.5. The summed E-state index contributed by atoms with van der Waals surface area (Å²) in [7, 11) is 1.80. The van der Waals surface area contributed by atoms with Gasteiger partial charge >= 0.3 is 0 Å². The molecule has 0 atom stereocenters. The number of nitrogens with two attached hydrogens (primary N) is 1. The predicted molar refractivity (Wildman–Crippen MR) is 82.8 cm³/mol. The minimum atomic E-state index is 0.238. The molecule has 1 aliphatic carbocycles. The van der Waals surface area contributed by atoms with Gasteiger partial charge in [0.15, 0.2) is 5.96 Å². The second kappa shape index (κ2) is 7.39. The van der Waals surface area contributed by atoms with Crippen molar-refractivity contribution in [3.05, 3.63) is 0 Å². The molecule has 0 spiro atoms. The third-order valence-corrected chi connectivity index (χ3v) is 5.22. The number of guanidine groups is 1. The quantitative estimate of drug-likeness (QED) is 0.633. The first kappa shape index (κ1) is 15.0. The molecule has 0 aromatic rings.